The number of carbonyl (C=O) groups is 1. The zero-order valence-electron chi connectivity index (χ0n) is 15.4. The van der Waals surface area contributed by atoms with Crippen LogP contribution in [0.5, 0.6) is 0 Å². The summed E-state index contributed by atoms with van der Waals surface area (Å²) in [5, 5.41) is 6.90. The van der Waals surface area contributed by atoms with Gasteiger partial charge in [-0.25, -0.2) is 4.79 Å². The standard InChI is InChI=1S/C21H26ClN3O/c1-15-4-3-5-16(2)20(15)24-21(26)23-19-10-12-25(13-11-19)14-17-6-8-18(22)9-7-17/h3-9,19H,10-14H2,1-2H3,(H2,23,24,26). The van der Waals surface area contributed by atoms with Gasteiger partial charge in [-0.1, -0.05) is 41.9 Å². The average molecular weight is 372 g/mol. The van der Waals surface area contributed by atoms with Crippen molar-refractivity contribution in [3.8, 4) is 0 Å². The molecule has 1 saturated heterocycles. The van der Waals surface area contributed by atoms with E-state index in [0.717, 1.165) is 54.3 Å². The second-order valence-corrected chi connectivity index (χ2v) is 7.48. The Balaban J connectivity index is 1.46. The lowest BCUT2D eigenvalue weighted by Crippen LogP contribution is -2.45. The summed E-state index contributed by atoms with van der Waals surface area (Å²) in [7, 11) is 0. The van der Waals surface area contributed by atoms with Gasteiger partial charge < -0.3 is 10.6 Å². The molecule has 1 fully saturated rings. The van der Waals surface area contributed by atoms with Crippen molar-refractivity contribution in [2.75, 3.05) is 18.4 Å². The first-order valence-corrected chi connectivity index (χ1v) is 9.49. The minimum atomic E-state index is -0.112. The molecule has 2 aromatic carbocycles. The van der Waals surface area contributed by atoms with Crippen molar-refractivity contribution in [2.45, 2.75) is 39.3 Å². The highest BCUT2D eigenvalue weighted by Crippen LogP contribution is 2.20. The van der Waals surface area contributed by atoms with Crippen LogP contribution in [0.1, 0.15) is 29.5 Å². The van der Waals surface area contributed by atoms with E-state index in [-0.39, 0.29) is 12.1 Å². The van der Waals surface area contributed by atoms with Gasteiger partial charge in [-0.2, -0.15) is 0 Å². The van der Waals surface area contributed by atoms with Gasteiger partial charge in [-0.3, -0.25) is 4.90 Å². The monoisotopic (exact) mass is 371 g/mol. The van der Waals surface area contributed by atoms with Crippen LogP contribution in [0.3, 0.4) is 0 Å². The van der Waals surface area contributed by atoms with Crippen LogP contribution in [-0.4, -0.2) is 30.1 Å². The highest BCUT2D eigenvalue weighted by molar-refractivity contribution is 6.30. The van der Waals surface area contributed by atoms with Gasteiger partial charge in [0.25, 0.3) is 0 Å². The van der Waals surface area contributed by atoms with Crippen LogP contribution in [0.4, 0.5) is 10.5 Å². The normalized spacial score (nSPS) is 15.7. The number of hydrogen-bond donors (Lipinski definition) is 2. The summed E-state index contributed by atoms with van der Waals surface area (Å²) in [5.74, 6) is 0. The smallest absolute Gasteiger partial charge is 0.319 e. The van der Waals surface area contributed by atoms with Gasteiger partial charge in [0.1, 0.15) is 0 Å². The molecule has 0 spiro atoms. The SMILES string of the molecule is Cc1cccc(C)c1NC(=O)NC1CCN(Cc2ccc(Cl)cc2)CC1. The summed E-state index contributed by atoms with van der Waals surface area (Å²) < 4.78 is 0. The number of piperidine rings is 1. The molecule has 0 atom stereocenters. The first-order valence-electron chi connectivity index (χ1n) is 9.12. The van der Waals surface area contributed by atoms with E-state index in [4.69, 9.17) is 11.6 Å². The molecule has 138 valence electrons. The molecule has 1 heterocycles. The molecular formula is C21H26ClN3O. The van der Waals surface area contributed by atoms with Gasteiger partial charge in [0.15, 0.2) is 0 Å². The Morgan fingerprint density at radius 1 is 1.08 bits per heavy atom. The quantitative estimate of drug-likeness (QED) is 0.815. The number of anilines is 1. The largest absolute Gasteiger partial charge is 0.335 e. The van der Waals surface area contributed by atoms with E-state index < -0.39 is 0 Å². The number of rotatable bonds is 4. The van der Waals surface area contributed by atoms with Crippen LogP contribution < -0.4 is 10.6 Å². The van der Waals surface area contributed by atoms with Gasteiger partial charge in [0.2, 0.25) is 0 Å². The van der Waals surface area contributed by atoms with E-state index in [1.54, 1.807) is 0 Å². The Morgan fingerprint density at radius 2 is 1.69 bits per heavy atom. The number of amides is 2. The van der Waals surface area contributed by atoms with Crippen LogP contribution in [0.25, 0.3) is 0 Å². The molecule has 0 unspecified atom stereocenters. The fraction of sp³-hybridized carbons (Fsp3) is 0.381. The van der Waals surface area contributed by atoms with Gasteiger partial charge in [-0.05, 0) is 55.5 Å². The Hall–Kier alpha value is -2.04. The van der Waals surface area contributed by atoms with E-state index in [0.29, 0.717) is 0 Å². The summed E-state index contributed by atoms with van der Waals surface area (Å²) >= 11 is 5.94. The molecule has 0 bridgehead atoms. The molecule has 1 aliphatic rings. The second kappa shape index (κ2) is 8.56. The van der Waals surface area contributed by atoms with Crippen molar-refractivity contribution in [3.63, 3.8) is 0 Å². The Bertz CT molecular complexity index is 732. The summed E-state index contributed by atoms with van der Waals surface area (Å²) in [6.45, 7) is 6.92. The predicted molar refractivity (Wildman–Crippen MR) is 108 cm³/mol. The summed E-state index contributed by atoms with van der Waals surface area (Å²) in [6.07, 6.45) is 1.93. The number of halogens is 1. The third-order valence-electron chi connectivity index (χ3n) is 4.96. The maximum absolute atomic E-state index is 12.3. The third kappa shape index (κ3) is 4.99. The Morgan fingerprint density at radius 3 is 2.31 bits per heavy atom. The minimum absolute atomic E-state index is 0.112. The van der Waals surface area contributed by atoms with Gasteiger partial charge >= 0.3 is 6.03 Å². The Kier molecular flexibility index (Phi) is 6.17. The Labute approximate surface area is 160 Å². The summed E-state index contributed by atoms with van der Waals surface area (Å²) in [6, 6.07) is 14.2. The van der Waals surface area contributed by atoms with Gasteiger partial charge in [-0.15, -0.1) is 0 Å². The molecule has 2 aromatic rings. The highest BCUT2D eigenvalue weighted by Gasteiger charge is 2.21. The molecule has 4 nitrogen and oxygen atoms in total. The number of urea groups is 1. The molecule has 0 aromatic heterocycles. The number of nitrogens with zero attached hydrogens (tertiary/aromatic N) is 1. The molecule has 26 heavy (non-hydrogen) atoms. The van der Waals surface area contributed by atoms with Crippen molar-refractivity contribution < 1.29 is 4.79 Å². The fourth-order valence-electron chi connectivity index (χ4n) is 3.43. The number of para-hydroxylation sites is 1. The first kappa shape index (κ1) is 18.7. The van der Waals surface area contributed by atoms with Crippen LogP contribution in [0.15, 0.2) is 42.5 Å². The molecule has 3 rings (SSSR count). The van der Waals surface area contributed by atoms with Crippen LogP contribution >= 0.6 is 11.6 Å². The number of aryl methyl sites for hydroxylation is 2. The van der Waals surface area contributed by atoms with E-state index in [1.807, 2.05) is 44.2 Å². The minimum Gasteiger partial charge on any atom is -0.335 e. The lowest BCUT2D eigenvalue weighted by molar-refractivity contribution is 0.190. The molecular weight excluding hydrogens is 346 g/mol. The molecule has 5 heteroatoms. The molecule has 0 aliphatic carbocycles. The lowest BCUT2D eigenvalue weighted by Gasteiger charge is -2.32. The number of likely N-dealkylation sites (tertiary alicyclic amines) is 1. The molecule has 2 amide bonds. The van der Waals surface area contributed by atoms with Gasteiger partial charge in [0, 0.05) is 36.4 Å². The lowest BCUT2D eigenvalue weighted by atomic mass is 10.0. The maximum Gasteiger partial charge on any atom is 0.319 e. The maximum atomic E-state index is 12.3. The van der Waals surface area contributed by atoms with E-state index in [2.05, 4.69) is 27.7 Å². The van der Waals surface area contributed by atoms with Crippen molar-refractivity contribution in [1.82, 2.24) is 10.2 Å². The van der Waals surface area contributed by atoms with E-state index in [1.165, 1.54) is 5.56 Å². The average Bonchev–Trinajstić information content (AvgIpc) is 2.62. The van der Waals surface area contributed by atoms with Gasteiger partial charge in [0.05, 0.1) is 0 Å². The first-order chi connectivity index (χ1) is 12.5. The van der Waals surface area contributed by atoms with Crippen LogP contribution in [0.2, 0.25) is 5.02 Å². The van der Waals surface area contributed by atoms with Crippen LogP contribution in [0, 0.1) is 13.8 Å². The zero-order valence-corrected chi connectivity index (χ0v) is 16.1. The van der Waals surface area contributed by atoms with E-state index in [9.17, 15) is 4.79 Å². The number of carbonyl (C=O) groups excluding carboxylic acids is 1. The molecule has 0 radical (unpaired) electrons. The number of nitrogens with one attached hydrogen (secondary N) is 2. The molecule has 1 aliphatic heterocycles. The van der Waals surface area contributed by atoms with Crippen LogP contribution in [-0.2, 0) is 6.54 Å². The summed E-state index contributed by atoms with van der Waals surface area (Å²) in [4.78, 5) is 14.8. The summed E-state index contributed by atoms with van der Waals surface area (Å²) in [5.41, 5.74) is 4.34. The second-order valence-electron chi connectivity index (χ2n) is 7.04. The molecule has 2 N–H and O–H groups in total. The number of hydrogen-bond acceptors (Lipinski definition) is 2. The third-order valence-corrected chi connectivity index (χ3v) is 5.21. The fourth-order valence-corrected chi connectivity index (χ4v) is 3.56. The van der Waals surface area contributed by atoms with Crippen molar-refractivity contribution in [3.05, 3.63) is 64.2 Å². The highest BCUT2D eigenvalue weighted by atomic mass is 35.5. The van der Waals surface area contributed by atoms with Crippen molar-refractivity contribution in [1.29, 1.82) is 0 Å². The topological polar surface area (TPSA) is 44.4 Å². The van der Waals surface area contributed by atoms with E-state index >= 15 is 0 Å². The van der Waals surface area contributed by atoms with Crippen molar-refractivity contribution in [2.24, 2.45) is 0 Å². The predicted octanol–water partition coefficient (Wildman–Crippen LogP) is 4.74. The number of benzene rings is 2. The zero-order chi connectivity index (χ0) is 18.5. The van der Waals surface area contributed by atoms with Crippen molar-refractivity contribution >= 4 is 23.3 Å². The molecule has 0 saturated carbocycles.